The number of hydrogen-bond acceptors (Lipinski definition) is 7. The summed E-state index contributed by atoms with van der Waals surface area (Å²) in [6.07, 6.45) is 5.65. The van der Waals surface area contributed by atoms with Gasteiger partial charge in [-0.05, 0) is 39.0 Å². The van der Waals surface area contributed by atoms with E-state index in [0.29, 0.717) is 17.9 Å². The summed E-state index contributed by atoms with van der Waals surface area (Å²) in [5.41, 5.74) is 5.82. The van der Waals surface area contributed by atoms with Crippen molar-refractivity contribution < 1.29 is 0 Å². The van der Waals surface area contributed by atoms with Gasteiger partial charge < -0.3 is 15.5 Å². The first kappa shape index (κ1) is 13.7. The summed E-state index contributed by atoms with van der Waals surface area (Å²) in [7, 11) is 4.16. The molecule has 3 rings (SSSR count). The van der Waals surface area contributed by atoms with Crippen LogP contribution in [-0.4, -0.2) is 62.9 Å². The number of hydrogen-bond donors (Lipinski definition) is 1. The van der Waals surface area contributed by atoms with Crippen molar-refractivity contribution in [3.63, 3.8) is 0 Å². The third kappa shape index (κ3) is 2.94. The number of likely N-dealkylation sites (tertiary alicyclic amines) is 1. The van der Waals surface area contributed by atoms with Crippen LogP contribution >= 0.6 is 0 Å². The van der Waals surface area contributed by atoms with Gasteiger partial charge in [0, 0.05) is 25.5 Å². The summed E-state index contributed by atoms with van der Waals surface area (Å²) < 4.78 is 1.59. The molecule has 112 valence electrons. The van der Waals surface area contributed by atoms with Gasteiger partial charge in [0.25, 0.3) is 5.95 Å². The summed E-state index contributed by atoms with van der Waals surface area (Å²) in [5, 5.41) is 4.13. The largest absolute Gasteiger partial charge is 0.368 e. The predicted octanol–water partition coefficient (Wildman–Crippen LogP) is 0.170. The number of nitrogens with zero attached hydrogens (tertiary/aromatic N) is 7. The molecule has 2 aromatic rings. The van der Waals surface area contributed by atoms with Crippen LogP contribution < -0.4 is 10.6 Å². The molecule has 0 amide bonds. The molecule has 1 saturated heterocycles. The summed E-state index contributed by atoms with van der Waals surface area (Å²) in [6, 6.07) is 2.24. The fourth-order valence-corrected chi connectivity index (χ4v) is 2.56. The second-order valence-electron chi connectivity index (χ2n) is 5.39. The van der Waals surface area contributed by atoms with Gasteiger partial charge in [-0.25, -0.2) is 4.68 Å². The van der Waals surface area contributed by atoms with Crippen LogP contribution in [0.3, 0.4) is 0 Å². The highest BCUT2D eigenvalue weighted by atomic mass is 15.4. The Morgan fingerprint density at radius 1 is 1.24 bits per heavy atom. The van der Waals surface area contributed by atoms with Crippen LogP contribution in [0.4, 0.5) is 11.9 Å². The quantitative estimate of drug-likeness (QED) is 0.861. The first-order chi connectivity index (χ1) is 10.1. The predicted molar refractivity (Wildman–Crippen MR) is 80.3 cm³/mol. The van der Waals surface area contributed by atoms with Gasteiger partial charge in [-0.2, -0.15) is 20.1 Å². The Balaban J connectivity index is 1.84. The van der Waals surface area contributed by atoms with Gasteiger partial charge in [-0.3, -0.25) is 0 Å². The Morgan fingerprint density at radius 2 is 2.00 bits per heavy atom. The molecule has 0 atom stereocenters. The summed E-state index contributed by atoms with van der Waals surface area (Å²) in [4.78, 5) is 17.3. The lowest BCUT2D eigenvalue weighted by molar-refractivity contribution is 0.252. The maximum atomic E-state index is 5.82. The Morgan fingerprint density at radius 3 is 2.67 bits per heavy atom. The van der Waals surface area contributed by atoms with E-state index in [2.05, 4.69) is 36.9 Å². The minimum absolute atomic E-state index is 0.213. The molecule has 8 heteroatoms. The van der Waals surface area contributed by atoms with Crippen molar-refractivity contribution in [3.8, 4) is 5.95 Å². The van der Waals surface area contributed by atoms with Crippen molar-refractivity contribution in [1.29, 1.82) is 0 Å². The molecule has 1 aliphatic rings. The van der Waals surface area contributed by atoms with Crippen LogP contribution in [0.5, 0.6) is 0 Å². The van der Waals surface area contributed by atoms with Crippen LogP contribution in [0.1, 0.15) is 12.8 Å². The zero-order chi connectivity index (χ0) is 14.8. The molecule has 0 bridgehead atoms. The topological polar surface area (TPSA) is 89.0 Å². The van der Waals surface area contributed by atoms with Gasteiger partial charge in [-0.15, -0.1) is 0 Å². The van der Waals surface area contributed by atoms with E-state index in [1.165, 1.54) is 0 Å². The Labute approximate surface area is 123 Å². The number of rotatable bonds is 3. The summed E-state index contributed by atoms with van der Waals surface area (Å²) in [5.74, 6) is 1.26. The average Bonchev–Trinajstić information content (AvgIpc) is 3.01. The van der Waals surface area contributed by atoms with Gasteiger partial charge in [0.15, 0.2) is 0 Å². The van der Waals surface area contributed by atoms with E-state index in [1.54, 1.807) is 17.1 Å². The van der Waals surface area contributed by atoms with Crippen LogP contribution in [-0.2, 0) is 0 Å². The second kappa shape index (κ2) is 5.65. The van der Waals surface area contributed by atoms with E-state index in [1.807, 2.05) is 13.1 Å². The van der Waals surface area contributed by atoms with Gasteiger partial charge in [0.05, 0.1) is 0 Å². The average molecular weight is 288 g/mol. The standard InChI is InChI=1S/C13H20N8/c1-19-8-4-10(5-9-19)20(2)12-16-11(14)17-13(18-12)21-7-3-6-15-21/h3,6-7,10H,4-5,8-9H2,1-2H3,(H2,14,16,17,18). The van der Waals surface area contributed by atoms with Crippen LogP contribution in [0.15, 0.2) is 18.5 Å². The van der Waals surface area contributed by atoms with Crippen molar-refractivity contribution in [1.82, 2.24) is 29.6 Å². The highest BCUT2D eigenvalue weighted by molar-refractivity contribution is 5.38. The molecule has 0 radical (unpaired) electrons. The molecule has 0 unspecified atom stereocenters. The highest BCUT2D eigenvalue weighted by Crippen LogP contribution is 2.19. The summed E-state index contributed by atoms with van der Waals surface area (Å²) >= 11 is 0. The minimum atomic E-state index is 0.213. The maximum absolute atomic E-state index is 5.82. The van der Waals surface area contributed by atoms with Gasteiger partial charge in [-0.1, -0.05) is 0 Å². The number of aromatic nitrogens is 5. The minimum Gasteiger partial charge on any atom is -0.368 e. The van der Waals surface area contributed by atoms with E-state index in [4.69, 9.17) is 5.73 Å². The molecule has 0 saturated carbocycles. The van der Waals surface area contributed by atoms with Crippen molar-refractivity contribution >= 4 is 11.9 Å². The number of anilines is 2. The number of nitrogens with two attached hydrogens (primary N) is 1. The first-order valence-corrected chi connectivity index (χ1v) is 7.06. The lowest BCUT2D eigenvalue weighted by atomic mass is 10.0. The molecule has 8 nitrogen and oxygen atoms in total. The molecular formula is C13H20N8. The Kier molecular flexibility index (Phi) is 3.70. The van der Waals surface area contributed by atoms with Crippen molar-refractivity contribution in [3.05, 3.63) is 18.5 Å². The molecule has 21 heavy (non-hydrogen) atoms. The normalized spacial score (nSPS) is 17.0. The molecule has 1 fully saturated rings. The van der Waals surface area contributed by atoms with Gasteiger partial charge >= 0.3 is 0 Å². The van der Waals surface area contributed by atoms with Gasteiger partial charge in [0.1, 0.15) is 0 Å². The molecular weight excluding hydrogens is 268 g/mol. The first-order valence-electron chi connectivity index (χ1n) is 7.06. The second-order valence-corrected chi connectivity index (χ2v) is 5.39. The van der Waals surface area contributed by atoms with Crippen LogP contribution in [0, 0.1) is 0 Å². The van der Waals surface area contributed by atoms with Crippen molar-refractivity contribution in [2.24, 2.45) is 0 Å². The highest BCUT2D eigenvalue weighted by Gasteiger charge is 2.23. The van der Waals surface area contributed by atoms with Gasteiger partial charge in [0.2, 0.25) is 11.9 Å². The third-order valence-corrected chi connectivity index (χ3v) is 3.89. The van der Waals surface area contributed by atoms with Crippen molar-refractivity contribution in [2.45, 2.75) is 18.9 Å². The van der Waals surface area contributed by atoms with E-state index in [-0.39, 0.29) is 5.95 Å². The monoisotopic (exact) mass is 288 g/mol. The maximum Gasteiger partial charge on any atom is 0.257 e. The molecule has 2 aromatic heterocycles. The molecule has 0 aliphatic carbocycles. The fourth-order valence-electron chi connectivity index (χ4n) is 2.56. The fraction of sp³-hybridized carbons (Fsp3) is 0.538. The molecule has 0 spiro atoms. The SMILES string of the molecule is CN1CCC(N(C)c2nc(N)nc(-n3cccn3)n2)CC1. The Bertz CT molecular complexity index is 588. The van der Waals surface area contributed by atoms with Crippen molar-refractivity contribution in [2.75, 3.05) is 37.8 Å². The lowest BCUT2D eigenvalue weighted by Crippen LogP contribution is -2.42. The summed E-state index contributed by atoms with van der Waals surface area (Å²) in [6.45, 7) is 2.17. The number of piperidine rings is 1. The molecule has 2 N–H and O–H groups in total. The molecule has 1 aliphatic heterocycles. The molecule has 3 heterocycles. The van der Waals surface area contributed by atoms with Crippen LogP contribution in [0.25, 0.3) is 5.95 Å². The Hall–Kier alpha value is -2.22. The van der Waals surface area contributed by atoms with E-state index in [0.717, 1.165) is 25.9 Å². The smallest absolute Gasteiger partial charge is 0.257 e. The van der Waals surface area contributed by atoms with E-state index >= 15 is 0 Å². The third-order valence-electron chi connectivity index (χ3n) is 3.89. The van der Waals surface area contributed by atoms with E-state index in [9.17, 15) is 0 Å². The van der Waals surface area contributed by atoms with E-state index < -0.39 is 0 Å². The number of nitrogen functional groups attached to an aromatic ring is 1. The van der Waals surface area contributed by atoms with Crippen LogP contribution in [0.2, 0.25) is 0 Å². The zero-order valence-electron chi connectivity index (χ0n) is 12.3. The lowest BCUT2D eigenvalue weighted by Gasteiger charge is -2.35. The zero-order valence-corrected chi connectivity index (χ0v) is 12.3. The molecule has 0 aromatic carbocycles.